The Morgan fingerprint density at radius 2 is 1.87 bits per heavy atom. The number of pyridine rings is 1. The van der Waals surface area contributed by atoms with Crippen LogP contribution in [-0.2, 0) is 6.61 Å². The standard InChI is InChI=1S/C12H20N2O/c1-3-8-14(9-4-2)12-7-5-6-11(10-15)13-12/h5-7,15H,3-4,8-10H2,1-2H3. The van der Waals surface area contributed by atoms with Crippen LogP contribution < -0.4 is 4.90 Å². The maximum absolute atomic E-state index is 9.02. The quantitative estimate of drug-likeness (QED) is 0.778. The van der Waals surface area contributed by atoms with Crippen LogP contribution >= 0.6 is 0 Å². The molecule has 0 radical (unpaired) electrons. The molecule has 0 aromatic carbocycles. The van der Waals surface area contributed by atoms with Crippen molar-refractivity contribution in [1.29, 1.82) is 0 Å². The number of rotatable bonds is 6. The lowest BCUT2D eigenvalue weighted by molar-refractivity contribution is 0.277. The summed E-state index contributed by atoms with van der Waals surface area (Å²) in [4.78, 5) is 6.67. The molecule has 3 heteroatoms. The molecule has 1 aromatic rings. The van der Waals surface area contributed by atoms with Gasteiger partial charge in [0.15, 0.2) is 0 Å². The lowest BCUT2D eigenvalue weighted by atomic mass is 10.3. The van der Waals surface area contributed by atoms with E-state index in [1.807, 2.05) is 18.2 Å². The summed E-state index contributed by atoms with van der Waals surface area (Å²) in [5, 5.41) is 9.02. The summed E-state index contributed by atoms with van der Waals surface area (Å²) in [6.07, 6.45) is 2.23. The number of nitrogens with zero attached hydrogens (tertiary/aromatic N) is 2. The summed E-state index contributed by atoms with van der Waals surface area (Å²) in [5.41, 5.74) is 0.740. The Balaban J connectivity index is 2.79. The fourth-order valence-electron chi connectivity index (χ4n) is 1.61. The molecule has 0 spiro atoms. The molecule has 0 aliphatic rings. The Bertz CT molecular complexity index is 283. The van der Waals surface area contributed by atoms with Gasteiger partial charge in [-0.25, -0.2) is 4.98 Å². The van der Waals surface area contributed by atoms with E-state index in [0.29, 0.717) is 0 Å². The highest BCUT2D eigenvalue weighted by Crippen LogP contribution is 2.12. The van der Waals surface area contributed by atoms with E-state index in [-0.39, 0.29) is 6.61 Å². The van der Waals surface area contributed by atoms with Gasteiger partial charge in [0.05, 0.1) is 12.3 Å². The molecule has 0 fully saturated rings. The van der Waals surface area contributed by atoms with Crippen molar-refractivity contribution < 1.29 is 5.11 Å². The molecule has 0 bridgehead atoms. The molecule has 1 aromatic heterocycles. The largest absolute Gasteiger partial charge is 0.390 e. The average molecular weight is 208 g/mol. The number of hydrogen-bond acceptors (Lipinski definition) is 3. The SMILES string of the molecule is CCCN(CCC)c1cccc(CO)n1. The molecule has 1 heterocycles. The van der Waals surface area contributed by atoms with E-state index < -0.39 is 0 Å². The number of hydrogen-bond donors (Lipinski definition) is 1. The molecule has 0 aliphatic carbocycles. The van der Waals surface area contributed by atoms with Crippen LogP contribution in [0, 0.1) is 0 Å². The van der Waals surface area contributed by atoms with Crippen molar-refractivity contribution in [3.05, 3.63) is 23.9 Å². The summed E-state index contributed by atoms with van der Waals surface area (Å²) >= 11 is 0. The second-order valence-corrected chi connectivity index (χ2v) is 3.63. The summed E-state index contributed by atoms with van der Waals surface area (Å²) in [6, 6.07) is 5.80. The van der Waals surface area contributed by atoms with Crippen LogP contribution in [0.1, 0.15) is 32.4 Å². The Labute approximate surface area is 91.8 Å². The van der Waals surface area contributed by atoms with Crippen molar-refractivity contribution in [2.75, 3.05) is 18.0 Å². The van der Waals surface area contributed by atoms with Crippen LogP contribution in [0.4, 0.5) is 5.82 Å². The predicted molar refractivity (Wildman–Crippen MR) is 63.0 cm³/mol. The van der Waals surface area contributed by atoms with Crippen LogP contribution in [0.15, 0.2) is 18.2 Å². The van der Waals surface area contributed by atoms with Crippen molar-refractivity contribution in [2.24, 2.45) is 0 Å². The fourth-order valence-corrected chi connectivity index (χ4v) is 1.61. The van der Waals surface area contributed by atoms with Gasteiger partial charge in [-0.1, -0.05) is 19.9 Å². The number of aliphatic hydroxyl groups excluding tert-OH is 1. The maximum atomic E-state index is 9.02. The van der Waals surface area contributed by atoms with Crippen molar-refractivity contribution in [1.82, 2.24) is 4.98 Å². The first-order chi connectivity index (χ1) is 7.31. The average Bonchev–Trinajstić information content (AvgIpc) is 2.29. The molecule has 0 saturated carbocycles. The Morgan fingerprint density at radius 3 is 2.40 bits per heavy atom. The van der Waals surface area contributed by atoms with Crippen molar-refractivity contribution in [3.8, 4) is 0 Å². The van der Waals surface area contributed by atoms with E-state index in [2.05, 4.69) is 23.7 Å². The minimum atomic E-state index is 0.0138. The molecule has 0 unspecified atom stereocenters. The van der Waals surface area contributed by atoms with Gasteiger partial charge in [-0.15, -0.1) is 0 Å². The zero-order valence-corrected chi connectivity index (χ0v) is 9.61. The molecule has 84 valence electrons. The van der Waals surface area contributed by atoms with Gasteiger partial charge >= 0.3 is 0 Å². The molecular weight excluding hydrogens is 188 g/mol. The van der Waals surface area contributed by atoms with Gasteiger partial charge in [0.2, 0.25) is 0 Å². The first-order valence-corrected chi connectivity index (χ1v) is 5.63. The first kappa shape index (κ1) is 12.0. The number of aromatic nitrogens is 1. The van der Waals surface area contributed by atoms with Crippen molar-refractivity contribution in [3.63, 3.8) is 0 Å². The smallest absolute Gasteiger partial charge is 0.128 e. The molecular formula is C12H20N2O. The summed E-state index contributed by atoms with van der Waals surface area (Å²) in [5.74, 6) is 0.977. The molecule has 0 saturated heterocycles. The van der Waals surface area contributed by atoms with E-state index in [9.17, 15) is 0 Å². The molecule has 15 heavy (non-hydrogen) atoms. The van der Waals surface area contributed by atoms with Crippen LogP contribution in [0.5, 0.6) is 0 Å². The van der Waals surface area contributed by atoms with Crippen LogP contribution in [0.2, 0.25) is 0 Å². The zero-order valence-electron chi connectivity index (χ0n) is 9.61. The highest BCUT2D eigenvalue weighted by Gasteiger charge is 2.05. The first-order valence-electron chi connectivity index (χ1n) is 5.63. The monoisotopic (exact) mass is 208 g/mol. The van der Waals surface area contributed by atoms with Crippen LogP contribution in [0.3, 0.4) is 0 Å². The second-order valence-electron chi connectivity index (χ2n) is 3.63. The lowest BCUT2D eigenvalue weighted by Gasteiger charge is -2.22. The molecule has 1 rings (SSSR count). The van der Waals surface area contributed by atoms with E-state index >= 15 is 0 Å². The molecule has 0 aliphatic heterocycles. The van der Waals surface area contributed by atoms with Gasteiger partial charge in [-0.05, 0) is 25.0 Å². The topological polar surface area (TPSA) is 36.4 Å². The second kappa shape index (κ2) is 6.40. The Hall–Kier alpha value is -1.09. The summed E-state index contributed by atoms with van der Waals surface area (Å²) in [7, 11) is 0. The van der Waals surface area contributed by atoms with Gasteiger partial charge in [-0.2, -0.15) is 0 Å². The van der Waals surface area contributed by atoms with E-state index in [1.54, 1.807) is 0 Å². The molecule has 0 amide bonds. The van der Waals surface area contributed by atoms with Gasteiger partial charge in [0.1, 0.15) is 5.82 Å². The summed E-state index contributed by atoms with van der Waals surface area (Å²) in [6.45, 7) is 6.39. The summed E-state index contributed by atoms with van der Waals surface area (Å²) < 4.78 is 0. The normalized spacial score (nSPS) is 10.3. The van der Waals surface area contributed by atoms with Crippen LogP contribution in [0.25, 0.3) is 0 Å². The van der Waals surface area contributed by atoms with E-state index in [0.717, 1.165) is 37.4 Å². The van der Waals surface area contributed by atoms with Gasteiger partial charge in [0.25, 0.3) is 0 Å². The predicted octanol–water partition coefficient (Wildman–Crippen LogP) is 2.20. The number of anilines is 1. The Morgan fingerprint density at radius 1 is 1.20 bits per heavy atom. The maximum Gasteiger partial charge on any atom is 0.128 e. The fraction of sp³-hybridized carbons (Fsp3) is 0.583. The Kier molecular flexibility index (Phi) is 5.12. The van der Waals surface area contributed by atoms with Gasteiger partial charge < -0.3 is 10.0 Å². The van der Waals surface area contributed by atoms with Gasteiger partial charge in [0, 0.05) is 13.1 Å². The van der Waals surface area contributed by atoms with Gasteiger partial charge in [-0.3, -0.25) is 0 Å². The number of aliphatic hydroxyl groups is 1. The minimum absolute atomic E-state index is 0.0138. The van der Waals surface area contributed by atoms with E-state index in [1.165, 1.54) is 0 Å². The van der Waals surface area contributed by atoms with Crippen molar-refractivity contribution >= 4 is 5.82 Å². The molecule has 3 nitrogen and oxygen atoms in total. The van der Waals surface area contributed by atoms with Crippen LogP contribution in [-0.4, -0.2) is 23.2 Å². The molecule has 1 N–H and O–H groups in total. The highest BCUT2D eigenvalue weighted by molar-refractivity contribution is 5.38. The lowest BCUT2D eigenvalue weighted by Crippen LogP contribution is -2.26. The third kappa shape index (κ3) is 3.51. The highest BCUT2D eigenvalue weighted by atomic mass is 16.3. The van der Waals surface area contributed by atoms with E-state index in [4.69, 9.17) is 5.11 Å². The zero-order chi connectivity index (χ0) is 11.1. The third-order valence-corrected chi connectivity index (χ3v) is 2.27. The molecule has 0 atom stereocenters. The third-order valence-electron chi connectivity index (χ3n) is 2.27. The minimum Gasteiger partial charge on any atom is -0.390 e. The van der Waals surface area contributed by atoms with Crippen molar-refractivity contribution in [2.45, 2.75) is 33.3 Å².